The highest BCUT2D eigenvalue weighted by atomic mass is 35.5. The van der Waals surface area contributed by atoms with Crippen LogP contribution in [0.3, 0.4) is 0 Å². The first-order valence-electron chi connectivity index (χ1n) is 7.78. The molecular weight excluding hydrogens is 329 g/mol. The van der Waals surface area contributed by atoms with Crippen molar-refractivity contribution in [3.63, 3.8) is 0 Å². The van der Waals surface area contributed by atoms with Gasteiger partial charge in [0.15, 0.2) is 0 Å². The second-order valence-electron chi connectivity index (χ2n) is 5.86. The molecule has 1 fully saturated rings. The molecule has 1 aromatic rings. The fraction of sp³-hybridized carbons (Fsp3) is 0.562. The molecule has 1 aromatic carbocycles. The maximum Gasteiger partial charge on any atom is 0.418 e. The molecule has 2 amide bonds. The summed E-state index contributed by atoms with van der Waals surface area (Å²) in [5, 5.41) is 4.85. The Labute approximate surface area is 138 Å². The zero-order valence-corrected chi connectivity index (χ0v) is 13.4. The third-order valence-electron chi connectivity index (χ3n) is 4.10. The third-order valence-corrected chi connectivity index (χ3v) is 4.33. The first-order chi connectivity index (χ1) is 10.9. The van der Waals surface area contributed by atoms with Gasteiger partial charge in [0.2, 0.25) is 0 Å². The number of carbonyl (C=O) groups is 1. The molecule has 128 valence electrons. The quantitative estimate of drug-likeness (QED) is 0.746. The molecule has 23 heavy (non-hydrogen) atoms. The van der Waals surface area contributed by atoms with Crippen molar-refractivity contribution in [3.05, 3.63) is 28.8 Å². The van der Waals surface area contributed by atoms with E-state index >= 15 is 0 Å². The number of alkyl halides is 3. The van der Waals surface area contributed by atoms with Gasteiger partial charge in [-0.15, -0.1) is 0 Å². The second kappa shape index (κ2) is 7.90. The summed E-state index contributed by atoms with van der Waals surface area (Å²) in [5.41, 5.74) is -1.25. The van der Waals surface area contributed by atoms with E-state index in [-0.39, 0.29) is 10.7 Å². The Morgan fingerprint density at radius 3 is 2.57 bits per heavy atom. The minimum atomic E-state index is -4.57. The maximum atomic E-state index is 12.9. The molecule has 1 saturated carbocycles. The average Bonchev–Trinajstić information content (AvgIpc) is 2.49. The van der Waals surface area contributed by atoms with Gasteiger partial charge >= 0.3 is 12.2 Å². The largest absolute Gasteiger partial charge is 0.418 e. The van der Waals surface area contributed by atoms with Crippen LogP contribution in [0, 0.1) is 5.92 Å². The summed E-state index contributed by atoms with van der Waals surface area (Å²) in [4.78, 5) is 11.8. The Morgan fingerprint density at radius 2 is 1.91 bits per heavy atom. The normalized spacial score (nSPS) is 16.2. The zero-order chi connectivity index (χ0) is 16.9. The highest BCUT2D eigenvalue weighted by Crippen LogP contribution is 2.36. The number of benzene rings is 1. The van der Waals surface area contributed by atoms with Crippen molar-refractivity contribution < 1.29 is 18.0 Å². The van der Waals surface area contributed by atoms with Gasteiger partial charge < -0.3 is 10.6 Å². The smallest absolute Gasteiger partial charge is 0.338 e. The van der Waals surface area contributed by atoms with Crippen molar-refractivity contribution in [1.29, 1.82) is 0 Å². The SMILES string of the molecule is O=C(NCCC1CCCCC1)Nc1ccc(Cl)cc1C(F)(F)F. The number of urea groups is 1. The highest BCUT2D eigenvalue weighted by molar-refractivity contribution is 6.30. The molecule has 2 N–H and O–H groups in total. The van der Waals surface area contributed by atoms with E-state index in [0.29, 0.717) is 12.5 Å². The highest BCUT2D eigenvalue weighted by Gasteiger charge is 2.34. The van der Waals surface area contributed by atoms with Crippen LogP contribution in [0.5, 0.6) is 0 Å². The van der Waals surface area contributed by atoms with Gasteiger partial charge in [0.1, 0.15) is 0 Å². The predicted octanol–water partition coefficient (Wildman–Crippen LogP) is 5.45. The van der Waals surface area contributed by atoms with Crippen LogP contribution >= 0.6 is 11.6 Å². The molecule has 0 aliphatic heterocycles. The van der Waals surface area contributed by atoms with E-state index in [0.717, 1.165) is 18.6 Å². The van der Waals surface area contributed by atoms with Gasteiger partial charge in [-0.25, -0.2) is 4.79 Å². The van der Waals surface area contributed by atoms with Crippen molar-refractivity contribution >= 4 is 23.3 Å². The lowest BCUT2D eigenvalue weighted by molar-refractivity contribution is -0.136. The Balaban J connectivity index is 1.87. The molecule has 0 bridgehead atoms. The third kappa shape index (κ3) is 5.61. The average molecular weight is 349 g/mol. The minimum Gasteiger partial charge on any atom is -0.338 e. The molecule has 0 spiro atoms. The molecule has 0 heterocycles. The van der Waals surface area contributed by atoms with Crippen LogP contribution in [0.2, 0.25) is 5.02 Å². The lowest BCUT2D eigenvalue weighted by Crippen LogP contribution is -2.31. The maximum absolute atomic E-state index is 12.9. The predicted molar refractivity (Wildman–Crippen MR) is 84.7 cm³/mol. The Kier molecular flexibility index (Phi) is 6.16. The molecule has 2 rings (SSSR count). The number of amides is 2. The lowest BCUT2D eigenvalue weighted by Gasteiger charge is -2.21. The summed E-state index contributed by atoms with van der Waals surface area (Å²) < 4.78 is 38.8. The standard InChI is InChI=1S/C16H20ClF3N2O/c17-12-6-7-14(13(10-12)16(18,19)20)22-15(23)21-9-8-11-4-2-1-3-5-11/h6-7,10-11H,1-5,8-9H2,(H2,21,22,23). The fourth-order valence-corrected chi connectivity index (χ4v) is 3.06. The van der Waals surface area contributed by atoms with Gasteiger partial charge in [0.05, 0.1) is 11.3 Å². The van der Waals surface area contributed by atoms with E-state index in [4.69, 9.17) is 11.6 Å². The van der Waals surface area contributed by atoms with Crippen molar-refractivity contribution in [2.45, 2.75) is 44.7 Å². The van der Waals surface area contributed by atoms with E-state index < -0.39 is 17.8 Å². The van der Waals surface area contributed by atoms with Crippen LogP contribution in [-0.2, 0) is 6.18 Å². The number of nitrogens with one attached hydrogen (secondary N) is 2. The van der Waals surface area contributed by atoms with E-state index in [1.165, 1.54) is 38.2 Å². The molecule has 1 aliphatic carbocycles. The Morgan fingerprint density at radius 1 is 1.22 bits per heavy atom. The summed E-state index contributed by atoms with van der Waals surface area (Å²) in [6, 6.07) is 2.65. The first kappa shape index (κ1) is 17.9. The number of anilines is 1. The number of hydrogen-bond donors (Lipinski definition) is 2. The second-order valence-corrected chi connectivity index (χ2v) is 6.30. The van der Waals surface area contributed by atoms with E-state index in [1.807, 2.05) is 0 Å². The Bertz CT molecular complexity index is 543. The van der Waals surface area contributed by atoms with Gasteiger partial charge in [-0.1, -0.05) is 43.7 Å². The fourth-order valence-electron chi connectivity index (χ4n) is 2.89. The molecule has 0 aromatic heterocycles. The van der Waals surface area contributed by atoms with Crippen LogP contribution in [0.4, 0.5) is 23.7 Å². The van der Waals surface area contributed by atoms with E-state index in [1.54, 1.807) is 0 Å². The Hall–Kier alpha value is -1.43. The van der Waals surface area contributed by atoms with Crippen LogP contribution < -0.4 is 10.6 Å². The van der Waals surface area contributed by atoms with Crippen LogP contribution in [0.25, 0.3) is 0 Å². The number of carbonyl (C=O) groups excluding carboxylic acids is 1. The van der Waals surface area contributed by atoms with Crippen molar-refractivity contribution in [3.8, 4) is 0 Å². The number of halogens is 4. The summed E-state index contributed by atoms with van der Waals surface area (Å²) in [6.07, 6.45) is 2.32. The summed E-state index contributed by atoms with van der Waals surface area (Å²) >= 11 is 5.60. The van der Waals surface area contributed by atoms with Crippen molar-refractivity contribution in [2.75, 3.05) is 11.9 Å². The van der Waals surface area contributed by atoms with Gasteiger partial charge in [0, 0.05) is 11.6 Å². The van der Waals surface area contributed by atoms with Crippen molar-refractivity contribution in [1.82, 2.24) is 5.32 Å². The molecule has 3 nitrogen and oxygen atoms in total. The van der Waals surface area contributed by atoms with Gasteiger partial charge in [-0.3, -0.25) is 0 Å². The molecule has 0 radical (unpaired) electrons. The summed E-state index contributed by atoms with van der Waals surface area (Å²) in [7, 11) is 0. The number of rotatable bonds is 4. The van der Waals surface area contributed by atoms with Crippen LogP contribution in [0.15, 0.2) is 18.2 Å². The van der Waals surface area contributed by atoms with Gasteiger partial charge in [0.25, 0.3) is 0 Å². The van der Waals surface area contributed by atoms with E-state index in [2.05, 4.69) is 10.6 Å². The molecule has 0 saturated heterocycles. The van der Waals surface area contributed by atoms with Crippen LogP contribution in [0.1, 0.15) is 44.1 Å². The zero-order valence-electron chi connectivity index (χ0n) is 12.7. The van der Waals surface area contributed by atoms with Crippen LogP contribution in [-0.4, -0.2) is 12.6 Å². The topological polar surface area (TPSA) is 41.1 Å². The molecule has 1 aliphatic rings. The van der Waals surface area contributed by atoms with Gasteiger partial charge in [-0.2, -0.15) is 13.2 Å². The number of hydrogen-bond acceptors (Lipinski definition) is 1. The summed E-state index contributed by atoms with van der Waals surface area (Å²) in [6.45, 7) is 0.464. The summed E-state index contributed by atoms with van der Waals surface area (Å²) in [5.74, 6) is 0.602. The molecule has 7 heteroatoms. The minimum absolute atomic E-state index is 0.0272. The lowest BCUT2D eigenvalue weighted by atomic mass is 9.87. The first-order valence-corrected chi connectivity index (χ1v) is 8.15. The monoisotopic (exact) mass is 348 g/mol. The van der Waals surface area contributed by atoms with Gasteiger partial charge in [-0.05, 0) is 30.5 Å². The molecule has 0 unspecified atom stereocenters. The van der Waals surface area contributed by atoms with E-state index in [9.17, 15) is 18.0 Å². The molecular formula is C16H20ClF3N2O. The molecule has 0 atom stereocenters. The van der Waals surface area contributed by atoms with Crippen molar-refractivity contribution in [2.24, 2.45) is 5.92 Å².